The van der Waals surface area contributed by atoms with Crippen LogP contribution in [-0.2, 0) is 9.59 Å². The van der Waals surface area contributed by atoms with Crippen LogP contribution in [-0.4, -0.2) is 72.5 Å². The quantitative estimate of drug-likeness (QED) is 0.733. The van der Waals surface area contributed by atoms with Crippen molar-refractivity contribution in [3.8, 4) is 11.3 Å². The van der Waals surface area contributed by atoms with E-state index in [1.165, 1.54) is 23.0 Å². The molecule has 10 heteroatoms. The molecule has 27 heavy (non-hydrogen) atoms. The molecule has 0 spiro atoms. The molecule has 0 saturated carbocycles. The highest BCUT2D eigenvalue weighted by Gasteiger charge is 2.42. The molecule has 0 bridgehead atoms. The summed E-state index contributed by atoms with van der Waals surface area (Å²) in [7, 11) is 1.52. The molecule has 1 aliphatic heterocycles. The average Bonchev–Trinajstić information content (AvgIpc) is 3.28. The molecular weight excluding hydrogens is 350 g/mol. The van der Waals surface area contributed by atoms with Gasteiger partial charge in [-0.1, -0.05) is 19.1 Å². The summed E-state index contributed by atoms with van der Waals surface area (Å²) < 4.78 is 1.50. The Balaban J connectivity index is 1.88. The van der Waals surface area contributed by atoms with Crippen LogP contribution in [0.2, 0.25) is 0 Å². The summed E-state index contributed by atoms with van der Waals surface area (Å²) in [6.45, 7) is 3.92. The standard InChI is InChI=1S/C17H23N7O3/c1-10(2)15(17(27)23-7-12(25)4-14(23)16(26)18-3)24-8-13(21-22-24)11-5-19-9-20-6-11/h5-6,8-10,12,14-15,25H,4,7H2,1-3H3,(H,18,26)/t12-,14+,15+/m1/s1. The first kappa shape index (κ1) is 18.9. The van der Waals surface area contributed by atoms with Crippen molar-refractivity contribution >= 4 is 11.8 Å². The average molecular weight is 373 g/mol. The minimum atomic E-state index is -0.725. The fourth-order valence-corrected chi connectivity index (χ4v) is 3.32. The van der Waals surface area contributed by atoms with Gasteiger partial charge in [0.05, 0.1) is 12.3 Å². The molecule has 2 aromatic heterocycles. The smallest absolute Gasteiger partial charge is 0.248 e. The molecule has 1 fully saturated rings. The van der Waals surface area contributed by atoms with Gasteiger partial charge in [-0.2, -0.15) is 0 Å². The van der Waals surface area contributed by atoms with Gasteiger partial charge in [-0.25, -0.2) is 14.6 Å². The summed E-state index contributed by atoms with van der Waals surface area (Å²) >= 11 is 0. The molecule has 0 radical (unpaired) electrons. The molecule has 2 N–H and O–H groups in total. The number of carbonyl (C=O) groups is 2. The Morgan fingerprint density at radius 2 is 2.00 bits per heavy atom. The molecule has 144 valence electrons. The number of rotatable bonds is 5. The summed E-state index contributed by atoms with van der Waals surface area (Å²) in [6.07, 6.45) is 5.82. The van der Waals surface area contributed by atoms with Gasteiger partial charge in [0.15, 0.2) is 0 Å². The second kappa shape index (κ2) is 7.78. The van der Waals surface area contributed by atoms with E-state index in [0.717, 1.165) is 0 Å². The van der Waals surface area contributed by atoms with E-state index in [9.17, 15) is 14.7 Å². The Morgan fingerprint density at radius 1 is 1.30 bits per heavy atom. The van der Waals surface area contributed by atoms with E-state index >= 15 is 0 Å². The Morgan fingerprint density at radius 3 is 2.63 bits per heavy atom. The van der Waals surface area contributed by atoms with Crippen molar-refractivity contribution in [1.29, 1.82) is 0 Å². The first-order valence-corrected chi connectivity index (χ1v) is 8.79. The van der Waals surface area contributed by atoms with E-state index in [1.54, 1.807) is 18.6 Å². The maximum atomic E-state index is 13.2. The molecule has 1 saturated heterocycles. The Kier molecular flexibility index (Phi) is 5.45. The molecule has 3 rings (SSSR count). The zero-order valence-electron chi connectivity index (χ0n) is 15.5. The molecule has 3 heterocycles. The number of hydrogen-bond acceptors (Lipinski definition) is 7. The lowest BCUT2D eigenvalue weighted by Gasteiger charge is -2.29. The van der Waals surface area contributed by atoms with Gasteiger partial charge in [-0.15, -0.1) is 5.10 Å². The fourth-order valence-electron chi connectivity index (χ4n) is 3.32. The number of aliphatic hydroxyl groups is 1. The van der Waals surface area contributed by atoms with Gasteiger partial charge in [-0.05, 0) is 5.92 Å². The van der Waals surface area contributed by atoms with Crippen LogP contribution in [0.25, 0.3) is 11.3 Å². The minimum Gasteiger partial charge on any atom is -0.391 e. The number of likely N-dealkylation sites (N-methyl/N-ethyl adjacent to an activating group) is 1. The van der Waals surface area contributed by atoms with Crippen LogP contribution in [0.1, 0.15) is 26.3 Å². The number of β-amino-alcohol motifs (C(OH)–C–C–N with tert-alkyl or cyclic N) is 1. The first-order chi connectivity index (χ1) is 12.9. The monoisotopic (exact) mass is 373 g/mol. The van der Waals surface area contributed by atoms with Crippen molar-refractivity contribution in [2.45, 2.75) is 38.5 Å². The van der Waals surface area contributed by atoms with Gasteiger partial charge in [0.1, 0.15) is 24.1 Å². The number of nitrogens with zero attached hydrogens (tertiary/aromatic N) is 6. The van der Waals surface area contributed by atoms with Crippen LogP contribution in [0.3, 0.4) is 0 Å². The van der Waals surface area contributed by atoms with Crippen molar-refractivity contribution < 1.29 is 14.7 Å². The van der Waals surface area contributed by atoms with Crippen molar-refractivity contribution in [2.24, 2.45) is 5.92 Å². The summed E-state index contributed by atoms with van der Waals surface area (Å²) in [5.41, 5.74) is 1.25. The van der Waals surface area contributed by atoms with Crippen LogP contribution >= 0.6 is 0 Å². The van der Waals surface area contributed by atoms with Crippen LogP contribution in [0, 0.1) is 5.92 Å². The highest BCUT2D eigenvalue weighted by molar-refractivity contribution is 5.90. The van der Waals surface area contributed by atoms with Crippen LogP contribution in [0.15, 0.2) is 24.9 Å². The van der Waals surface area contributed by atoms with Crippen LogP contribution < -0.4 is 5.32 Å². The van der Waals surface area contributed by atoms with Gasteiger partial charge in [0, 0.05) is 38.0 Å². The molecule has 1 aliphatic rings. The van der Waals surface area contributed by atoms with Crippen molar-refractivity contribution in [1.82, 2.24) is 35.2 Å². The second-order valence-electron chi connectivity index (χ2n) is 6.91. The third kappa shape index (κ3) is 3.80. The number of likely N-dealkylation sites (tertiary alicyclic amines) is 1. The molecule has 0 unspecified atom stereocenters. The third-order valence-electron chi connectivity index (χ3n) is 4.65. The molecule has 3 atom stereocenters. The van der Waals surface area contributed by atoms with E-state index < -0.39 is 18.2 Å². The first-order valence-electron chi connectivity index (χ1n) is 8.79. The molecule has 2 aromatic rings. The summed E-state index contributed by atoms with van der Waals surface area (Å²) in [4.78, 5) is 34.7. The number of hydrogen-bond donors (Lipinski definition) is 2. The molecule has 0 aromatic carbocycles. The van der Waals surface area contributed by atoms with E-state index in [2.05, 4.69) is 25.6 Å². The highest BCUT2D eigenvalue weighted by atomic mass is 16.3. The van der Waals surface area contributed by atoms with Gasteiger partial charge < -0.3 is 15.3 Å². The maximum absolute atomic E-state index is 13.2. The van der Waals surface area contributed by atoms with Crippen LogP contribution in [0.5, 0.6) is 0 Å². The predicted octanol–water partition coefficient (Wildman–Crippen LogP) is -0.360. The van der Waals surface area contributed by atoms with E-state index in [4.69, 9.17) is 0 Å². The van der Waals surface area contributed by atoms with Crippen molar-refractivity contribution in [3.05, 3.63) is 24.9 Å². The van der Waals surface area contributed by atoms with E-state index in [-0.39, 0.29) is 30.7 Å². The summed E-state index contributed by atoms with van der Waals surface area (Å²) in [5.74, 6) is -0.652. The summed E-state index contributed by atoms with van der Waals surface area (Å²) in [5, 5.41) is 20.8. The fraction of sp³-hybridized carbons (Fsp3) is 0.529. The SMILES string of the molecule is CNC(=O)[C@@H]1C[C@@H](O)CN1C(=O)[C@H](C(C)C)n1cc(-c2cncnc2)nn1. The number of amides is 2. The lowest BCUT2D eigenvalue weighted by atomic mass is 10.0. The van der Waals surface area contributed by atoms with Gasteiger partial charge >= 0.3 is 0 Å². The van der Waals surface area contributed by atoms with E-state index in [1.807, 2.05) is 13.8 Å². The van der Waals surface area contributed by atoms with Gasteiger partial charge in [0.25, 0.3) is 0 Å². The molecular formula is C17H23N7O3. The minimum absolute atomic E-state index is 0.0952. The zero-order valence-corrected chi connectivity index (χ0v) is 15.5. The molecule has 0 aliphatic carbocycles. The topological polar surface area (TPSA) is 126 Å². The Hall–Kier alpha value is -2.88. The van der Waals surface area contributed by atoms with Gasteiger partial charge in [0.2, 0.25) is 11.8 Å². The van der Waals surface area contributed by atoms with Crippen molar-refractivity contribution in [2.75, 3.05) is 13.6 Å². The Labute approximate surface area is 156 Å². The maximum Gasteiger partial charge on any atom is 0.248 e. The summed E-state index contributed by atoms with van der Waals surface area (Å²) in [6, 6.07) is -1.34. The van der Waals surface area contributed by atoms with Gasteiger partial charge in [-0.3, -0.25) is 9.59 Å². The van der Waals surface area contributed by atoms with Crippen molar-refractivity contribution in [3.63, 3.8) is 0 Å². The number of aliphatic hydroxyl groups excluding tert-OH is 1. The largest absolute Gasteiger partial charge is 0.391 e. The van der Waals surface area contributed by atoms with E-state index in [0.29, 0.717) is 11.3 Å². The lowest BCUT2D eigenvalue weighted by Crippen LogP contribution is -2.48. The number of aromatic nitrogens is 5. The number of carbonyl (C=O) groups excluding carboxylic acids is 2. The van der Waals surface area contributed by atoms with Crippen LogP contribution in [0.4, 0.5) is 0 Å². The second-order valence-corrected chi connectivity index (χ2v) is 6.91. The lowest BCUT2D eigenvalue weighted by molar-refractivity contribution is -0.142. The predicted molar refractivity (Wildman–Crippen MR) is 95.1 cm³/mol. The zero-order chi connectivity index (χ0) is 19.6. The molecule has 2 amide bonds. The highest BCUT2D eigenvalue weighted by Crippen LogP contribution is 2.27. The Bertz CT molecular complexity index is 808. The molecule has 10 nitrogen and oxygen atoms in total. The number of nitrogens with one attached hydrogen (secondary N) is 1. The normalized spacial score (nSPS) is 20.7. The third-order valence-corrected chi connectivity index (χ3v) is 4.65.